The molecule has 0 aromatic carbocycles. The Hall–Kier alpha value is -2.32. The number of carboxylic acid groups (broad SMARTS) is 1. The fraction of sp³-hybridized carbons (Fsp3) is 0.125. The van der Waals surface area contributed by atoms with E-state index in [1.165, 1.54) is 5.32 Å². The Morgan fingerprint density at radius 2 is 1.94 bits per heavy atom. The predicted octanol–water partition coefficient (Wildman–Crippen LogP) is 0.574. The molecular weight excluding hydrogens is 245 g/mol. The van der Waals surface area contributed by atoms with E-state index >= 15 is 0 Å². The number of aromatic amines is 1. The van der Waals surface area contributed by atoms with Crippen LogP contribution in [-0.4, -0.2) is 28.1 Å². The van der Waals surface area contributed by atoms with Gasteiger partial charge in [0.2, 0.25) is 0 Å². The number of rotatable bonds is 2. The van der Waals surface area contributed by atoms with Crippen LogP contribution < -0.4 is 10.9 Å². The SMILES string of the molecule is O=C(O)c1c[nH]c(=O)c(NC(=O)C(F)(F)F)c1. The summed E-state index contributed by atoms with van der Waals surface area (Å²) in [4.78, 5) is 33.9. The molecule has 9 heteroatoms. The highest BCUT2D eigenvalue weighted by Gasteiger charge is 2.39. The normalized spacial score (nSPS) is 11.0. The van der Waals surface area contributed by atoms with Crippen molar-refractivity contribution in [3.8, 4) is 0 Å². The summed E-state index contributed by atoms with van der Waals surface area (Å²) < 4.78 is 35.7. The van der Waals surface area contributed by atoms with Gasteiger partial charge < -0.3 is 15.4 Å². The lowest BCUT2D eigenvalue weighted by atomic mass is 10.2. The molecule has 0 spiro atoms. The van der Waals surface area contributed by atoms with Crippen molar-refractivity contribution in [1.29, 1.82) is 0 Å². The van der Waals surface area contributed by atoms with Crippen molar-refractivity contribution in [2.75, 3.05) is 5.32 Å². The fourth-order valence-electron chi connectivity index (χ4n) is 0.893. The van der Waals surface area contributed by atoms with Crippen molar-refractivity contribution in [2.24, 2.45) is 0 Å². The van der Waals surface area contributed by atoms with Crippen LogP contribution in [0, 0.1) is 0 Å². The summed E-state index contributed by atoms with van der Waals surface area (Å²) in [5, 5.41) is 9.81. The number of hydrogen-bond acceptors (Lipinski definition) is 3. The lowest BCUT2D eigenvalue weighted by Crippen LogP contribution is -2.32. The quantitative estimate of drug-likeness (QED) is 0.714. The van der Waals surface area contributed by atoms with Crippen LogP contribution in [0.15, 0.2) is 17.1 Å². The van der Waals surface area contributed by atoms with Crippen LogP contribution in [0.25, 0.3) is 0 Å². The molecule has 1 aromatic heterocycles. The van der Waals surface area contributed by atoms with Gasteiger partial charge in [0.1, 0.15) is 5.69 Å². The van der Waals surface area contributed by atoms with E-state index in [4.69, 9.17) is 5.11 Å². The molecule has 0 saturated heterocycles. The molecule has 17 heavy (non-hydrogen) atoms. The Bertz CT molecular complexity index is 520. The summed E-state index contributed by atoms with van der Waals surface area (Å²) in [5.74, 6) is -3.81. The molecule has 1 aromatic rings. The second-order valence-electron chi connectivity index (χ2n) is 2.89. The van der Waals surface area contributed by atoms with Gasteiger partial charge in [0.05, 0.1) is 5.56 Å². The van der Waals surface area contributed by atoms with E-state index in [-0.39, 0.29) is 0 Å². The number of anilines is 1. The number of nitrogens with one attached hydrogen (secondary N) is 2. The van der Waals surface area contributed by atoms with E-state index in [1.54, 1.807) is 0 Å². The molecule has 0 aliphatic heterocycles. The van der Waals surface area contributed by atoms with Crippen LogP contribution >= 0.6 is 0 Å². The number of alkyl halides is 3. The van der Waals surface area contributed by atoms with E-state index in [1.807, 2.05) is 4.98 Å². The molecule has 92 valence electrons. The third-order valence-corrected chi connectivity index (χ3v) is 1.66. The predicted molar refractivity (Wildman–Crippen MR) is 48.7 cm³/mol. The third-order valence-electron chi connectivity index (χ3n) is 1.66. The van der Waals surface area contributed by atoms with Gasteiger partial charge in [0, 0.05) is 6.20 Å². The highest BCUT2D eigenvalue weighted by Crippen LogP contribution is 2.16. The highest BCUT2D eigenvalue weighted by atomic mass is 19.4. The zero-order chi connectivity index (χ0) is 13.2. The number of halogens is 3. The number of amides is 1. The van der Waals surface area contributed by atoms with Crippen molar-refractivity contribution in [3.63, 3.8) is 0 Å². The number of carbonyl (C=O) groups is 2. The van der Waals surface area contributed by atoms with E-state index in [2.05, 4.69) is 0 Å². The molecule has 6 nitrogen and oxygen atoms in total. The molecule has 0 saturated carbocycles. The second kappa shape index (κ2) is 4.28. The minimum absolute atomic E-state index is 0.456. The molecule has 0 aliphatic carbocycles. The van der Waals surface area contributed by atoms with E-state index < -0.39 is 34.9 Å². The average molecular weight is 250 g/mol. The fourth-order valence-corrected chi connectivity index (χ4v) is 0.893. The van der Waals surface area contributed by atoms with Crippen molar-refractivity contribution in [1.82, 2.24) is 4.98 Å². The number of pyridine rings is 1. The van der Waals surface area contributed by atoms with Gasteiger partial charge in [-0.2, -0.15) is 13.2 Å². The molecule has 0 fully saturated rings. The van der Waals surface area contributed by atoms with Crippen LogP contribution in [0.5, 0.6) is 0 Å². The number of carboxylic acids is 1. The summed E-state index contributed by atoms with van der Waals surface area (Å²) in [6.45, 7) is 0. The number of hydrogen-bond donors (Lipinski definition) is 3. The molecule has 1 heterocycles. The Balaban J connectivity index is 3.07. The number of aromatic nitrogens is 1. The largest absolute Gasteiger partial charge is 0.478 e. The minimum Gasteiger partial charge on any atom is -0.478 e. The number of H-pyrrole nitrogens is 1. The van der Waals surface area contributed by atoms with Crippen molar-refractivity contribution in [3.05, 3.63) is 28.2 Å². The van der Waals surface area contributed by atoms with Gasteiger partial charge in [0.25, 0.3) is 5.56 Å². The van der Waals surface area contributed by atoms with Crippen LogP contribution in [0.2, 0.25) is 0 Å². The van der Waals surface area contributed by atoms with Gasteiger partial charge in [-0.1, -0.05) is 0 Å². The van der Waals surface area contributed by atoms with Crippen molar-refractivity contribution in [2.45, 2.75) is 6.18 Å². The molecule has 1 amide bonds. The molecule has 0 aliphatic rings. The topological polar surface area (TPSA) is 99.3 Å². The summed E-state index contributed by atoms with van der Waals surface area (Å²) in [6, 6.07) is 0.630. The first-order chi connectivity index (χ1) is 7.71. The monoisotopic (exact) mass is 250 g/mol. The van der Waals surface area contributed by atoms with Gasteiger partial charge in [-0.05, 0) is 6.07 Å². The second-order valence-corrected chi connectivity index (χ2v) is 2.89. The first-order valence-electron chi connectivity index (χ1n) is 4.06. The zero-order valence-corrected chi connectivity index (χ0v) is 7.96. The highest BCUT2D eigenvalue weighted by molar-refractivity contribution is 5.96. The zero-order valence-electron chi connectivity index (χ0n) is 7.96. The van der Waals surface area contributed by atoms with Gasteiger partial charge in [-0.25, -0.2) is 4.79 Å². The summed E-state index contributed by atoms with van der Waals surface area (Å²) >= 11 is 0. The average Bonchev–Trinajstić information content (AvgIpc) is 2.19. The number of carbonyl (C=O) groups excluding carboxylic acids is 1. The summed E-state index contributed by atoms with van der Waals surface area (Å²) in [6.07, 6.45) is -4.36. The first kappa shape index (κ1) is 12.7. The van der Waals surface area contributed by atoms with Crippen LogP contribution in [0.4, 0.5) is 18.9 Å². The van der Waals surface area contributed by atoms with Gasteiger partial charge >= 0.3 is 18.1 Å². The molecule has 0 bridgehead atoms. The van der Waals surface area contributed by atoms with Crippen LogP contribution in [0.3, 0.4) is 0 Å². The molecule has 3 N–H and O–H groups in total. The van der Waals surface area contributed by atoms with E-state index in [0.29, 0.717) is 6.07 Å². The number of aromatic carboxylic acids is 1. The van der Waals surface area contributed by atoms with Gasteiger partial charge in [-0.3, -0.25) is 9.59 Å². The lowest BCUT2D eigenvalue weighted by molar-refractivity contribution is -0.167. The van der Waals surface area contributed by atoms with E-state index in [9.17, 15) is 27.6 Å². The Morgan fingerprint density at radius 3 is 2.41 bits per heavy atom. The third kappa shape index (κ3) is 3.06. The molecule has 0 atom stereocenters. The maximum absolute atomic E-state index is 11.9. The lowest BCUT2D eigenvalue weighted by Gasteiger charge is -2.07. The van der Waals surface area contributed by atoms with Crippen LogP contribution in [-0.2, 0) is 4.79 Å². The first-order valence-corrected chi connectivity index (χ1v) is 4.06. The summed E-state index contributed by atoms with van der Waals surface area (Å²) in [5.41, 5.74) is -2.28. The van der Waals surface area contributed by atoms with Crippen molar-refractivity contribution < 1.29 is 27.9 Å². The molecule has 0 unspecified atom stereocenters. The van der Waals surface area contributed by atoms with Crippen molar-refractivity contribution >= 4 is 17.6 Å². The van der Waals surface area contributed by atoms with Gasteiger partial charge in [0.15, 0.2) is 0 Å². The molecule has 1 rings (SSSR count). The smallest absolute Gasteiger partial charge is 0.471 e. The van der Waals surface area contributed by atoms with Crippen LogP contribution in [0.1, 0.15) is 10.4 Å². The Morgan fingerprint density at radius 1 is 1.35 bits per heavy atom. The maximum atomic E-state index is 11.9. The molecule has 0 radical (unpaired) electrons. The maximum Gasteiger partial charge on any atom is 0.471 e. The Kier molecular flexibility index (Phi) is 3.21. The Labute approximate surface area is 91.1 Å². The standard InChI is InChI=1S/C8H5F3N2O4/c9-8(10,11)7(17)13-4-1-3(6(15)16)2-12-5(4)14/h1-2H,(H,12,14)(H,13,17)(H,15,16). The summed E-state index contributed by atoms with van der Waals surface area (Å²) in [7, 11) is 0. The molecular formula is C8H5F3N2O4. The minimum atomic E-state index is -5.16. The van der Waals surface area contributed by atoms with E-state index in [0.717, 1.165) is 6.20 Å². The van der Waals surface area contributed by atoms with Gasteiger partial charge in [-0.15, -0.1) is 0 Å².